The van der Waals surface area contributed by atoms with Crippen LogP contribution in [0.1, 0.15) is 26.7 Å². The Morgan fingerprint density at radius 3 is 2.21 bits per heavy atom. The molecule has 1 amide bonds. The van der Waals surface area contributed by atoms with Gasteiger partial charge in [0.1, 0.15) is 0 Å². The van der Waals surface area contributed by atoms with E-state index in [1.165, 1.54) is 12.8 Å². The van der Waals surface area contributed by atoms with Gasteiger partial charge in [0, 0.05) is 39.0 Å². The summed E-state index contributed by atoms with van der Waals surface area (Å²) in [5.74, 6) is 1.28. The molecule has 3 nitrogen and oxygen atoms in total. The van der Waals surface area contributed by atoms with E-state index in [1.54, 1.807) is 14.0 Å². The number of hydrogen-bond donors (Lipinski definition) is 0. The maximum absolute atomic E-state index is 11.3. The number of piperidine rings is 1. The van der Waals surface area contributed by atoms with Crippen LogP contribution in [0, 0.1) is 11.8 Å². The number of carbonyl (C=O) groups excluding carboxylic acids is 1. The molecule has 0 radical (unpaired) electrons. The van der Waals surface area contributed by atoms with Crippen LogP contribution in [0.2, 0.25) is 0 Å². The van der Waals surface area contributed by atoms with Gasteiger partial charge in [-0.25, -0.2) is 0 Å². The molecule has 1 saturated heterocycles. The van der Waals surface area contributed by atoms with E-state index in [-0.39, 0.29) is 11.5 Å². The maximum Gasteiger partial charge on any atom is 0.219 e. The summed E-state index contributed by atoms with van der Waals surface area (Å²) >= 11 is 0. The minimum Gasteiger partial charge on any atom is -0.378 e. The number of rotatable bonds is 1. The zero-order valence-electron chi connectivity index (χ0n) is 9.25. The summed E-state index contributed by atoms with van der Waals surface area (Å²) in [5.41, 5.74) is 0.0198. The Labute approximate surface area is 85.4 Å². The van der Waals surface area contributed by atoms with Crippen LogP contribution in [0.15, 0.2) is 0 Å². The number of likely N-dealkylation sites (tertiary alicyclic amines) is 1. The second-order valence-electron chi connectivity index (χ2n) is 4.78. The van der Waals surface area contributed by atoms with Crippen molar-refractivity contribution in [2.24, 2.45) is 11.8 Å². The lowest BCUT2D eigenvalue weighted by Crippen LogP contribution is -2.54. The van der Waals surface area contributed by atoms with Gasteiger partial charge in [0.2, 0.25) is 5.91 Å². The zero-order valence-corrected chi connectivity index (χ0v) is 9.25. The van der Waals surface area contributed by atoms with Crippen molar-refractivity contribution in [2.75, 3.05) is 20.2 Å². The molecular formula is C11H19NO2. The summed E-state index contributed by atoms with van der Waals surface area (Å²) in [4.78, 5) is 13.3. The monoisotopic (exact) mass is 197 g/mol. The first kappa shape index (κ1) is 9.97. The van der Waals surface area contributed by atoms with Crippen LogP contribution in [-0.2, 0) is 9.53 Å². The Hall–Kier alpha value is -0.570. The molecule has 1 heterocycles. The molecule has 0 aromatic rings. The molecule has 2 aliphatic rings. The molecule has 2 unspecified atom stereocenters. The van der Waals surface area contributed by atoms with Gasteiger partial charge in [-0.2, -0.15) is 0 Å². The van der Waals surface area contributed by atoms with E-state index in [1.807, 2.05) is 4.90 Å². The molecular weight excluding hydrogens is 178 g/mol. The van der Waals surface area contributed by atoms with Crippen LogP contribution in [0.5, 0.6) is 0 Å². The van der Waals surface area contributed by atoms with Crippen molar-refractivity contribution in [1.82, 2.24) is 4.90 Å². The van der Waals surface area contributed by atoms with Gasteiger partial charge in [0.25, 0.3) is 0 Å². The molecule has 3 heteroatoms. The predicted octanol–water partition coefficient (Wildman–Crippen LogP) is 1.28. The van der Waals surface area contributed by atoms with Gasteiger partial charge in [0.05, 0.1) is 5.60 Å². The summed E-state index contributed by atoms with van der Waals surface area (Å²) in [6.07, 6.45) is 2.41. The molecule has 0 aromatic carbocycles. The smallest absolute Gasteiger partial charge is 0.219 e. The third-order valence-electron chi connectivity index (χ3n) is 4.25. The second-order valence-corrected chi connectivity index (χ2v) is 4.78. The number of carbonyl (C=O) groups is 1. The van der Waals surface area contributed by atoms with Gasteiger partial charge in [-0.3, -0.25) is 4.79 Å². The zero-order chi connectivity index (χ0) is 10.3. The average Bonchev–Trinajstić information content (AvgIpc) is 2.40. The number of nitrogens with zero attached hydrogens (tertiary/aromatic N) is 1. The van der Waals surface area contributed by atoms with E-state index >= 15 is 0 Å². The predicted molar refractivity (Wildman–Crippen MR) is 53.9 cm³/mol. The van der Waals surface area contributed by atoms with Gasteiger partial charge in [-0.15, -0.1) is 0 Å². The highest BCUT2D eigenvalue weighted by molar-refractivity contribution is 5.73. The largest absolute Gasteiger partial charge is 0.378 e. The minimum absolute atomic E-state index is 0.0198. The van der Waals surface area contributed by atoms with Crippen molar-refractivity contribution < 1.29 is 9.53 Å². The number of amides is 1. The first-order chi connectivity index (χ1) is 6.58. The van der Waals surface area contributed by atoms with Gasteiger partial charge >= 0.3 is 0 Å². The molecule has 80 valence electrons. The van der Waals surface area contributed by atoms with E-state index in [9.17, 15) is 4.79 Å². The topological polar surface area (TPSA) is 29.5 Å². The first-order valence-corrected chi connectivity index (χ1v) is 5.38. The van der Waals surface area contributed by atoms with Crippen LogP contribution in [0.25, 0.3) is 0 Å². The fourth-order valence-corrected chi connectivity index (χ4v) is 3.05. The summed E-state index contributed by atoms with van der Waals surface area (Å²) in [6.45, 7) is 5.63. The van der Waals surface area contributed by atoms with Crippen LogP contribution in [0.3, 0.4) is 0 Å². The Bertz CT molecular complexity index is 238. The molecule has 14 heavy (non-hydrogen) atoms. The molecule has 1 aliphatic heterocycles. The normalized spacial score (nSPS) is 41.5. The molecule has 0 spiro atoms. The Morgan fingerprint density at radius 2 is 1.86 bits per heavy atom. The van der Waals surface area contributed by atoms with E-state index in [0.29, 0.717) is 11.8 Å². The van der Waals surface area contributed by atoms with Crippen molar-refractivity contribution in [1.29, 1.82) is 0 Å². The number of hydrogen-bond acceptors (Lipinski definition) is 2. The molecule has 2 atom stereocenters. The Balaban J connectivity index is 2.16. The van der Waals surface area contributed by atoms with Crippen LogP contribution in [0.4, 0.5) is 0 Å². The average molecular weight is 197 g/mol. The summed E-state index contributed by atoms with van der Waals surface area (Å²) in [6, 6.07) is 0. The van der Waals surface area contributed by atoms with Crippen molar-refractivity contribution >= 4 is 5.91 Å². The summed E-state index contributed by atoms with van der Waals surface area (Å²) in [5, 5.41) is 0. The Kier molecular flexibility index (Phi) is 2.30. The lowest BCUT2D eigenvalue weighted by atomic mass is 9.81. The highest BCUT2D eigenvalue weighted by atomic mass is 16.5. The van der Waals surface area contributed by atoms with Crippen LogP contribution < -0.4 is 0 Å². The molecule has 0 N–H and O–H groups in total. The fourth-order valence-electron chi connectivity index (χ4n) is 3.05. The van der Waals surface area contributed by atoms with E-state index < -0.39 is 0 Å². The first-order valence-electron chi connectivity index (χ1n) is 5.38. The molecule has 0 aromatic heterocycles. The number of fused-ring (bicyclic) bond motifs is 2. The van der Waals surface area contributed by atoms with Gasteiger partial charge in [0.15, 0.2) is 0 Å². The number of methoxy groups -OCH3 is 1. The highest BCUT2D eigenvalue weighted by Gasteiger charge is 2.51. The van der Waals surface area contributed by atoms with E-state index in [2.05, 4.69) is 6.92 Å². The quantitative estimate of drug-likeness (QED) is 0.633. The lowest BCUT2D eigenvalue weighted by Gasteiger charge is -2.44. The molecule has 2 rings (SSSR count). The van der Waals surface area contributed by atoms with Gasteiger partial charge < -0.3 is 9.64 Å². The van der Waals surface area contributed by atoms with Crippen LogP contribution >= 0.6 is 0 Å². The molecule has 2 bridgehead atoms. The summed E-state index contributed by atoms with van der Waals surface area (Å²) in [7, 11) is 1.80. The molecule has 1 aliphatic carbocycles. The van der Waals surface area contributed by atoms with Gasteiger partial charge in [-0.05, 0) is 19.8 Å². The maximum atomic E-state index is 11.3. The van der Waals surface area contributed by atoms with Crippen molar-refractivity contribution in [3.05, 3.63) is 0 Å². The standard InChI is InChI=1S/C11H19NO2/c1-8(13)12-6-9-4-5-10(7-12)11(9,2)14-3/h9-10H,4-7H2,1-3H3. The van der Waals surface area contributed by atoms with Crippen molar-refractivity contribution in [3.8, 4) is 0 Å². The lowest BCUT2D eigenvalue weighted by molar-refractivity contribution is -0.141. The summed E-state index contributed by atoms with van der Waals surface area (Å²) < 4.78 is 5.66. The molecule has 2 fully saturated rings. The fraction of sp³-hybridized carbons (Fsp3) is 0.909. The Morgan fingerprint density at radius 1 is 1.36 bits per heavy atom. The van der Waals surface area contributed by atoms with E-state index in [4.69, 9.17) is 4.74 Å². The van der Waals surface area contributed by atoms with Crippen molar-refractivity contribution in [2.45, 2.75) is 32.3 Å². The second kappa shape index (κ2) is 3.23. The van der Waals surface area contributed by atoms with Gasteiger partial charge in [-0.1, -0.05) is 0 Å². The molecule has 1 saturated carbocycles. The third kappa shape index (κ3) is 1.26. The van der Waals surface area contributed by atoms with E-state index in [0.717, 1.165) is 13.1 Å². The van der Waals surface area contributed by atoms with Crippen molar-refractivity contribution in [3.63, 3.8) is 0 Å². The number of ether oxygens (including phenoxy) is 1. The third-order valence-corrected chi connectivity index (χ3v) is 4.25. The SMILES string of the molecule is COC1(C)C2CCC1CN(C(C)=O)C2. The van der Waals surface area contributed by atoms with Crippen LogP contribution in [-0.4, -0.2) is 36.6 Å². The minimum atomic E-state index is 0.0198. The highest BCUT2D eigenvalue weighted by Crippen LogP contribution is 2.46.